The van der Waals surface area contributed by atoms with Crippen molar-refractivity contribution in [2.24, 2.45) is 5.92 Å². The summed E-state index contributed by atoms with van der Waals surface area (Å²) in [5.74, 6) is -0.927. The normalized spacial score (nSPS) is 29.8. The van der Waals surface area contributed by atoms with Crippen molar-refractivity contribution in [1.29, 1.82) is 0 Å². The van der Waals surface area contributed by atoms with Gasteiger partial charge in [0.1, 0.15) is 11.1 Å². The highest BCUT2D eigenvalue weighted by atomic mass is 16.6. The third-order valence-corrected chi connectivity index (χ3v) is 4.56. The zero-order valence-electron chi connectivity index (χ0n) is 13.5. The third kappa shape index (κ3) is 3.16. The molecule has 1 amide bonds. The molecule has 0 aliphatic heterocycles. The number of carbonyl (C=O) groups is 2. The van der Waals surface area contributed by atoms with Crippen LogP contribution in [0.15, 0.2) is 0 Å². The Morgan fingerprint density at radius 1 is 1.19 bits per heavy atom. The lowest BCUT2D eigenvalue weighted by molar-refractivity contribution is -0.158. The molecule has 21 heavy (non-hydrogen) atoms. The van der Waals surface area contributed by atoms with Gasteiger partial charge in [0.25, 0.3) is 0 Å². The average Bonchev–Trinajstić information content (AvgIpc) is 3.13. The predicted octanol–water partition coefficient (Wildman–Crippen LogP) is 3.42. The van der Waals surface area contributed by atoms with Crippen LogP contribution in [0.2, 0.25) is 0 Å². The Hall–Kier alpha value is -1.26. The molecule has 1 N–H and O–H groups in total. The first-order chi connectivity index (χ1) is 9.68. The number of nitrogens with zero attached hydrogens (tertiary/aromatic N) is 1. The van der Waals surface area contributed by atoms with Gasteiger partial charge in [-0.05, 0) is 52.4 Å². The second kappa shape index (κ2) is 5.50. The summed E-state index contributed by atoms with van der Waals surface area (Å²) in [4.78, 5) is 26.3. The zero-order chi connectivity index (χ0) is 15.8. The van der Waals surface area contributed by atoms with Gasteiger partial charge in [-0.1, -0.05) is 19.8 Å². The minimum atomic E-state index is -1.10. The third-order valence-electron chi connectivity index (χ3n) is 4.56. The number of ether oxygens (including phenoxy) is 1. The van der Waals surface area contributed by atoms with Crippen molar-refractivity contribution in [2.45, 2.75) is 83.4 Å². The lowest BCUT2D eigenvalue weighted by Crippen LogP contribution is -2.63. The second-order valence-corrected chi connectivity index (χ2v) is 7.46. The van der Waals surface area contributed by atoms with Crippen LogP contribution in [0.1, 0.15) is 66.2 Å². The molecule has 0 spiro atoms. The number of hydrogen-bond donors (Lipinski definition) is 1. The van der Waals surface area contributed by atoms with Gasteiger partial charge in [-0.3, -0.25) is 4.90 Å². The van der Waals surface area contributed by atoms with Crippen LogP contribution in [0.3, 0.4) is 0 Å². The molecule has 2 saturated carbocycles. The molecule has 2 unspecified atom stereocenters. The van der Waals surface area contributed by atoms with E-state index in [2.05, 4.69) is 0 Å². The number of amides is 1. The molecule has 5 heteroatoms. The molecule has 0 aromatic heterocycles. The van der Waals surface area contributed by atoms with E-state index in [1.54, 1.807) is 4.90 Å². The maximum absolute atomic E-state index is 12.6. The molecule has 120 valence electrons. The maximum atomic E-state index is 12.6. The van der Waals surface area contributed by atoms with E-state index in [4.69, 9.17) is 4.74 Å². The van der Waals surface area contributed by atoms with Crippen LogP contribution < -0.4 is 0 Å². The fourth-order valence-corrected chi connectivity index (χ4v) is 3.39. The monoisotopic (exact) mass is 297 g/mol. The molecule has 0 aromatic rings. The molecule has 5 nitrogen and oxygen atoms in total. The Morgan fingerprint density at radius 2 is 1.81 bits per heavy atom. The fraction of sp³-hybridized carbons (Fsp3) is 0.875. The van der Waals surface area contributed by atoms with Crippen LogP contribution in [0.25, 0.3) is 0 Å². The minimum absolute atomic E-state index is 0.0245. The van der Waals surface area contributed by atoms with E-state index in [1.807, 2.05) is 27.7 Å². The van der Waals surface area contributed by atoms with Crippen LogP contribution >= 0.6 is 0 Å². The standard InChI is InChI=1S/C16H27NO4/c1-11-7-5-6-10-16(11,13(18)19)17(12-8-9-12)14(20)21-15(2,3)4/h11-12H,5-10H2,1-4H3,(H,18,19). The van der Waals surface area contributed by atoms with Crippen molar-refractivity contribution >= 4 is 12.1 Å². The van der Waals surface area contributed by atoms with Gasteiger partial charge in [0, 0.05) is 6.04 Å². The van der Waals surface area contributed by atoms with Gasteiger partial charge in [0.05, 0.1) is 0 Å². The molecule has 0 radical (unpaired) electrons. The molecule has 0 heterocycles. The summed E-state index contributed by atoms with van der Waals surface area (Å²) in [6.07, 6.45) is 4.53. The Balaban J connectivity index is 2.34. The Morgan fingerprint density at radius 3 is 2.24 bits per heavy atom. The van der Waals surface area contributed by atoms with Gasteiger partial charge in [-0.15, -0.1) is 0 Å². The molecule has 2 rings (SSSR count). The summed E-state index contributed by atoms with van der Waals surface area (Å²) < 4.78 is 5.50. The average molecular weight is 297 g/mol. The van der Waals surface area contributed by atoms with Crippen molar-refractivity contribution < 1.29 is 19.4 Å². The highest BCUT2D eigenvalue weighted by Crippen LogP contribution is 2.44. The molecular formula is C16H27NO4. The highest BCUT2D eigenvalue weighted by molar-refractivity contribution is 5.85. The first-order valence-corrected chi connectivity index (χ1v) is 7.94. The molecule has 2 atom stereocenters. The number of carbonyl (C=O) groups excluding carboxylic acids is 1. The number of hydrogen-bond acceptors (Lipinski definition) is 3. The first-order valence-electron chi connectivity index (χ1n) is 7.94. The molecule has 2 aliphatic rings. The van der Waals surface area contributed by atoms with Crippen molar-refractivity contribution in [3.05, 3.63) is 0 Å². The van der Waals surface area contributed by atoms with Gasteiger partial charge >= 0.3 is 12.1 Å². The van der Waals surface area contributed by atoms with Crippen molar-refractivity contribution in [3.63, 3.8) is 0 Å². The molecule has 0 aromatic carbocycles. The van der Waals surface area contributed by atoms with Gasteiger partial charge < -0.3 is 9.84 Å². The minimum Gasteiger partial charge on any atom is -0.479 e. The number of rotatable bonds is 3. The van der Waals surface area contributed by atoms with Gasteiger partial charge in [0.15, 0.2) is 0 Å². The number of carboxylic acids is 1. The van der Waals surface area contributed by atoms with E-state index in [1.165, 1.54) is 0 Å². The van der Waals surface area contributed by atoms with Gasteiger partial charge in [-0.25, -0.2) is 9.59 Å². The summed E-state index contributed by atoms with van der Waals surface area (Å²) in [6, 6.07) is 0.0245. The smallest absolute Gasteiger partial charge is 0.411 e. The van der Waals surface area contributed by atoms with Crippen LogP contribution in [-0.4, -0.2) is 39.3 Å². The lowest BCUT2D eigenvalue weighted by atomic mass is 9.72. The summed E-state index contributed by atoms with van der Waals surface area (Å²) in [5, 5.41) is 9.90. The number of carboxylic acid groups (broad SMARTS) is 1. The van der Waals surface area contributed by atoms with Crippen LogP contribution in [0, 0.1) is 5.92 Å². The van der Waals surface area contributed by atoms with Crippen molar-refractivity contribution in [1.82, 2.24) is 4.90 Å². The number of aliphatic carboxylic acids is 1. The Kier molecular flexibility index (Phi) is 4.22. The molecular weight excluding hydrogens is 270 g/mol. The van der Waals surface area contributed by atoms with Crippen molar-refractivity contribution in [3.8, 4) is 0 Å². The first kappa shape index (κ1) is 16.1. The van der Waals surface area contributed by atoms with Crippen LogP contribution in [0.4, 0.5) is 4.79 Å². The molecule has 2 aliphatic carbocycles. The maximum Gasteiger partial charge on any atom is 0.411 e. The molecule has 2 fully saturated rings. The van der Waals surface area contributed by atoms with Gasteiger partial charge in [-0.2, -0.15) is 0 Å². The predicted molar refractivity (Wildman–Crippen MR) is 79.1 cm³/mol. The summed E-state index contributed by atoms with van der Waals surface area (Å²) in [5.41, 5.74) is -1.70. The molecule has 0 saturated heterocycles. The van der Waals surface area contributed by atoms with E-state index < -0.39 is 23.2 Å². The fourth-order valence-electron chi connectivity index (χ4n) is 3.39. The Bertz CT molecular complexity index is 424. The quantitative estimate of drug-likeness (QED) is 0.866. The zero-order valence-corrected chi connectivity index (χ0v) is 13.5. The topological polar surface area (TPSA) is 66.8 Å². The van der Waals surface area contributed by atoms with Crippen LogP contribution in [0.5, 0.6) is 0 Å². The van der Waals surface area contributed by atoms with Crippen molar-refractivity contribution in [2.75, 3.05) is 0 Å². The van der Waals surface area contributed by atoms with Crippen LogP contribution in [-0.2, 0) is 9.53 Å². The summed E-state index contributed by atoms with van der Waals surface area (Å²) in [6.45, 7) is 7.39. The lowest BCUT2D eigenvalue weighted by Gasteiger charge is -2.47. The van der Waals surface area contributed by atoms with E-state index >= 15 is 0 Å². The van der Waals surface area contributed by atoms with E-state index in [0.29, 0.717) is 6.42 Å². The van der Waals surface area contributed by atoms with E-state index in [9.17, 15) is 14.7 Å². The van der Waals surface area contributed by atoms with E-state index in [0.717, 1.165) is 32.1 Å². The molecule has 0 bridgehead atoms. The summed E-state index contributed by atoms with van der Waals surface area (Å²) in [7, 11) is 0. The highest BCUT2D eigenvalue weighted by Gasteiger charge is 2.56. The largest absolute Gasteiger partial charge is 0.479 e. The Labute approximate surface area is 126 Å². The summed E-state index contributed by atoms with van der Waals surface area (Å²) >= 11 is 0. The second-order valence-electron chi connectivity index (χ2n) is 7.46. The van der Waals surface area contributed by atoms with E-state index in [-0.39, 0.29) is 12.0 Å². The van der Waals surface area contributed by atoms with Gasteiger partial charge in [0.2, 0.25) is 0 Å². The SMILES string of the molecule is CC1CCCCC1(C(=O)O)N(C(=O)OC(C)(C)C)C1CC1.